The molecule has 2 aliphatic carbocycles. The lowest BCUT2D eigenvalue weighted by Crippen LogP contribution is -2.24. The van der Waals surface area contributed by atoms with Gasteiger partial charge in [-0.2, -0.15) is 0 Å². The second-order valence-corrected chi connectivity index (χ2v) is 10.7. The molecule has 3 heterocycles. The number of amides is 1. The molecule has 196 valence electrons. The van der Waals surface area contributed by atoms with Crippen molar-refractivity contribution >= 4 is 11.5 Å². The number of fused-ring (bicyclic) bond motifs is 5. The second kappa shape index (κ2) is 11.3. The third kappa shape index (κ3) is 5.72. The molecule has 7 nitrogen and oxygen atoms in total. The van der Waals surface area contributed by atoms with E-state index in [4.69, 9.17) is 0 Å². The number of carbonyl (C=O) groups is 1. The van der Waals surface area contributed by atoms with Gasteiger partial charge >= 0.3 is 0 Å². The quantitative estimate of drug-likeness (QED) is 0.442. The average molecular weight is 509 g/mol. The van der Waals surface area contributed by atoms with Crippen molar-refractivity contribution in [3.05, 3.63) is 89.7 Å². The summed E-state index contributed by atoms with van der Waals surface area (Å²) in [5.74, 6) is 1.50. The van der Waals surface area contributed by atoms with Crippen molar-refractivity contribution in [2.24, 2.45) is 0 Å². The van der Waals surface area contributed by atoms with Crippen LogP contribution in [0.25, 0.3) is 11.3 Å². The first kappa shape index (κ1) is 24.6. The van der Waals surface area contributed by atoms with E-state index in [1.54, 1.807) is 0 Å². The number of imidazole rings is 1. The summed E-state index contributed by atoms with van der Waals surface area (Å²) < 4.78 is 4.23. The Morgan fingerprint density at radius 2 is 1.87 bits per heavy atom. The third-order valence-electron chi connectivity index (χ3n) is 7.82. The van der Waals surface area contributed by atoms with E-state index in [1.807, 2.05) is 30.9 Å². The van der Waals surface area contributed by atoms with E-state index in [0.717, 1.165) is 104 Å². The van der Waals surface area contributed by atoms with Gasteiger partial charge < -0.3 is 14.5 Å². The largest absolute Gasteiger partial charge is 0.326 e. The molecule has 38 heavy (non-hydrogen) atoms. The minimum atomic E-state index is -0.0269. The van der Waals surface area contributed by atoms with Crippen LogP contribution in [0.2, 0.25) is 0 Å². The molecule has 0 radical (unpaired) electrons. The summed E-state index contributed by atoms with van der Waals surface area (Å²) in [5.41, 5.74) is 6.07. The Morgan fingerprint density at radius 3 is 2.79 bits per heavy atom. The van der Waals surface area contributed by atoms with Gasteiger partial charge in [0.2, 0.25) is 0 Å². The van der Waals surface area contributed by atoms with Gasteiger partial charge in [-0.25, -0.2) is 4.98 Å². The molecule has 1 saturated carbocycles. The number of rotatable bonds is 2. The molecule has 1 aliphatic heterocycles. The third-order valence-corrected chi connectivity index (χ3v) is 7.82. The van der Waals surface area contributed by atoms with Crippen LogP contribution in [0, 0.1) is 0 Å². The highest BCUT2D eigenvalue weighted by Crippen LogP contribution is 2.39. The highest BCUT2D eigenvalue weighted by molar-refractivity contribution is 5.97. The van der Waals surface area contributed by atoms with E-state index < -0.39 is 0 Å². The minimum absolute atomic E-state index is 0.0269. The molecule has 1 aromatic carbocycles. The predicted molar refractivity (Wildman–Crippen MR) is 149 cm³/mol. The van der Waals surface area contributed by atoms with Crippen LogP contribution in [0.1, 0.15) is 97.6 Å². The Balaban J connectivity index is 1.31. The van der Waals surface area contributed by atoms with Gasteiger partial charge in [-0.1, -0.05) is 37.1 Å². The monoisotopic (exact) mass is 508 g/mol. The van der Waals surface area contributed by atoms with E-state index in [9.17, 15) is 4.79 Å². The number of hydrogen-bond donors (Lipinski definition) is 1. The summed E-state index contributed by atoms with van der Waals surface area (Å²) in [6.07, 6.45) is 25.9. The van der Waals surface area contributed by atoms with Gasteiger partial charge in [0.15, 0.2) is 5.82 Å². The smallest absolute Gasteiger partial charge is 0.255 e. The SMILES string of the molecule is O=C1N/C2=C/C=C\C(=C\CCCC2)c2nncn2CCCCCCc2ccc(-n3cnc(C4CC4)c3)cc21. The maximum absolute atomic E-state index is 13.7. The molecule has 0 spiro atoms. The molecule has 6 rings (SSSR count). The lowest BCUT2D eigenvalue weighted by Gasteiger charge is -2.15. The van der Waals surface area contributed by atoms with Gasteiger partial charge in [0.05, 0.1) is 12.0 Å². The van der Waals surface area contributed by atoms with Crippen LogP contribution >= 0.6 is 0 Å². The molecule has 2 bridgehead atoms. The summed E-state index contributed by atoms with van der Waals surface area (Å²) in [5, 5.41) is 11.9. The molecule has 7 heteroatoms. The number of carbonyl (C=O) groups excluding carboxylic acids is 1. The van der Waals surface area contributed by atoms with Crippen molar-refractivity contribution < 1.29 is 4.79 Å². The molecule has 3 aliphatic rings. The molecule has 0 atom stereocenters. The summed E-state index contributed by atoms with van der Waals surface area (Å²) >= 11 is 0. The zero-order valence-corrected chi connectivity index (χ0v) is 22.0. The van der Waals surface area contributed by atoms with Crippen molar-refractivity contribution in [3.63, 3.8) is 0 Å². The molecule has 0 unspecified atom stereocenters. The molecule has 1 fully saturated rings. The lowest BCUT2D eigenvalue weighted by atomic mass is 9.99. The zero-order chi connectivity index (χ0) is 25.7. The molecule has 2 aromatic heterocycles. The number of nitrogens with one attached hydrogen (secondary N) is 1. The standard InChI is InChI=1S/C31H36N6O/c38-31-28-19-27(37-20-29(32-21-37)24-14-15-24)17-16-23(28)9-4-1-2-7-18-36-22-33-35-30(36)25-10-5-3-6-12-26(34-31)13-8-11-25/h8,10-11,13,16-17,19-22,24H,1-7,9,12,14-15,18H2,(H,34,38)/b11-8-,25-10-,26-13+. The summed E-state index contributed by atoms with van der Waals surface area (Å²) in [4.78, 5) is 18.3. The molecular weight excluding hydrogens is 472 g/mol. The van der Waals surface area contributed by atoms with Gasteiger partial charge in [-0.05, 0) is 81.6 Å². The van der Waals surface area contributed by atoms with Gasteiger partial charge in [-0.3, -0.25) is 4.79 Å². The van der Waals surface area contributed by atoms with E-state index in [-0.39, 0.29) is 5.91 Å². The Bertz CT molecular complexity index is 1390. The molecular formula is C31H36N6O. The van der Waals surface area contributed by atoms with Gasteiger partial charge in [-0.15, -0.1) is 10.2 Å². The average Bonchev–Trinajstić information content (AvgIpc) is 3.47. The number of nitrogens with zero attached hydrogens (tertiary/aromatic N) is 5. The first-order chi connectivity index (χ1) is 18.7. The lowest BCUT2D eigenvalue weighted by molar-refractivity contribution is 0.0963. The Kier molecular flexibility index (Phi) is 7.33. The fourth-order valence-corrected chi connectivity index (χ4v) is 5.44. The fraction of sp³-hybridized carbons (Fsp3) is 0.419. The molecule has 1 amide bonds. The van der Waals surface area contributed by atoms with Crippen LogP contribution in [-0.4, -0.2) is 30.2 Å². The van der Waals surface area contributed by atoms with Crippen LogP contribution in [0.5, 0.6) is 0 Å². The van der Waals surface area contributed by atoms with Crippen LogP contribution in [0.4, 0.5) is 0 Å². The molecule has 1 N–H and O–H groups in total. The van der Waals surface area contributed by atoms with Crippen molar-refractivity contribution in [1.82, 2.24) is 29.6 Å². The number of aryl methyl sites for hydroxylation is 2. The van der Waals surface area contributed by atoms with Crippen LogP contribution in [0.3, 0.4) is 0 Å². The van der Waals surface area contributed by atoms with E-state index in [2.05, 4.69) is 60.1 Å². The number of allylic oxidation sites excluding steroid dienone is 6. The maximum atomic E-state index is 13.7. The fourth-order valence-electron chi connectivity index (χ4n) is 5.44. The Morgan fingerprint density at radius 1 is 0.974 bits per heavy atom. The van der Waals surface area contributed by atoms with Crippen LogP contribution in [-0.2, 0) is 13.0 Å². The highest BCUT2D eigenvalue weighted by atomic mass is 16.1. The second-order valence-electron chi connectivity index (χ2n) is 10.7. The molecule has 0 saturated heterocycles. The molecule has 3 aromatic rings. The highest BCUT2D eigenvalue weighted by Gasteiger charge is 2.26. The van der Waals surface area contributed by atoms with Crippen LogP contribution in [0.15, 0.2) is 67.1 Å². The van der Waals surface area contributed by atoms with Crippen molar-refractivity contribution in [3.8, 4) is 5.69 Å². The first-order valence-electron chi connectivity index (χ1n) is 14.2. The predicted octanol–water partition coefficient (Wildman–Crippen LogP) is 6.29. The van der Waals surface area contributed by atoms with Crippen molar-refractivity contribution in [2.75, 3.05) is 0 Å². The number of benzene rings is 1. The minimum Gasteiger partial charge on any atom is -0.326 e. The Labute approximate surface area is 224 Å². The zero-order valence-electron chi connectivity index (χ0n) is 22.0. The normalized spacial score (nSPS) is 22.8. The van der Waals surface area contributed by atoms with Gasteiger partial charge in [0, 0.05) is 41.2 Å². The summed E-state index contributed by atoms with van der Waals surface area (Å²) in [6.45, 7) is 0.919. The van der Waals surface area contributed by atoms with E-state index in [1.165, 1.54) is 12.8 Å². The Hall–Kier alpha value is -3.74. The van der Waals surface area contributed by atoms with Crippen molar-refractivity contribution in [2.45, 2.75) is 83.1 Å². The van der Waals surface area contributed by atoms with E-state index in [0.29, 0.717) is 5.92 Å². The summed E-state index contributed by atoms with van der Waals surface area (Å²) in [7, 11) is 0. The first-order valence-corrected chi connectivity index (χ1v) is 14.2. The van der Waals surface area contributed by atoms with Crippen LogP contribution < -0.4 is 5.32 Å². The number of hydrogen-bond acceptors (Lipinski definition) is 4. The van der Waals surface area contributed by atoms with Gasteiger partial charge in [0.25, 0.3) is 5.91 Å². The summed E-state index contributed by atoms with van der Waals surface area (Å²) in [6, 6.07) is 6.30. The van der Waals surface area contributed by atoms with E-state index >= 15 is 0 Å². The topological polar surface area (TPSA) is 77.6 Å². The number of aromatic nitrogens is 5. The maximum Gasteiger partial charge on any atom is 0.255 e. The van der Waals surface area contributed by atoms with Crippen molar-refractivity contribution in [1.29, 1.82) is 0 Å². The van der Waals surface area contributed by atoms with Gasteiger partial charge in [0.1, 0.15) is 6.33 Å².